The third-order valence-corrected chi connectivity index (χ3v) is 1.96. The van der Waals surface area contributed by atoms with Crippen molar-refractivity contribution >= 4 is 17.2 Å². The van der Waals surface area contributed by atoms with Crippen LogP contribution in [0.1, 0.15) is 11.4 Å². The van der Waals surface area contributed by atoms with E-state index >= 15 is 0 Å². The first-order valence-corrected chi connectivity index (χ1v) is 3.97. The molecule has 5 nitrogen and oxygen atoms in total. The summed E-state index contributed by atoms with van der Waals surface area (Å²) in [6.45, 7) is 3.71. The molecule has 0 unspecified atom stereocenters. The molecule has 0 fully saturated rings. The van der Waals surface area contributed by atoms with Crippen molar-refractivity contribution < 1.29 is 0 Å². The van der Waals surface area contributed by atoms with Gasteiger partial charge < -0.3 is 11.5 Å². The second kappa shape index (κ2) is 2.35. The Morgan fingerprint density at radius 2 is 2.00 bits per heavy atom. The molecule has 5 heteroatoms. The van der Waals surface area contributed by atoms with E-state index in [0.717, 1.165) is 11.4 Å². The number of aromatic nitrogens is 3. The van der Waals surface area contributed by atoms with Crippen LogP contribution in [0.4, 0.5) is 11.5 Å². The SMILES string of the molecule is Cc1cc(N)n2nc(C)c(N)c2n1. The Morgan fingerprint density at radius 1 is 1.31 bits per heavy atom. The molecule has 4 N–H and O–H groups in total. The average Bonchev–Trinajstić information content (AvgIpc) is 2.32. The van der Waals surface area contributed by atoms with Crippen LogP contribution >= 0.6 is 0 Å². The van der Waals surface area contributed by atoms with Gasteiger partial charge in [-0.25, -0.2) is 4.98 Å². The van der Waals surface area contributed by atoms with Gasteiger partial charge in [-0.3, -0.25) is 0 Å². The van der Waals surface area contributed by atoms with Crippen molar-refractivity contribution in [2.45, 2.75) is 13.8 Å². The highest BCUT2D eigenvalue weighted by molar-refractivity contribution is 5.69. The maximum atomic E-state index is 5.77. The van der Waals surface area contributed by atoms with E-state index in [9.17, 15) is 0 Å². The molecule has 2 heterocycles. The Labute approximate surface area is 75.4 Å². The van der Waals surface area contributed by atoms with Gasteiger partial charge in [0.05, 0.1) is 5.69 Å². The van der Waals surface area contributed by atoms with Crippen LogP contribution in [0.3, 0.4) is 0 Å². The normalized spacial score (nSPS) is 10.9. The number of nitrogens with two attached hydrogens (primary N) is 2. The minimum atomic E-state index is 0.558. The number of hydrogen-bond donors (Lipinski definition) is 2. The summed E-state index contributed by atoms with van der Waals surface area (Å²) in [5, 5.41) is 4.16. The van der Waals surface area contributed by atoms with E-state index in [4.69, 9.17) is 11.5 Å². The lowest BCUT2D eigenvalue weighted by atomic mass is 10.4. The van der Waals surface area contributed by atoms with Crippen molar-refractivity contribution in [3.8, 4) is 0 Å². The van der Waals surface area contributed by atoms with Crippen molar-refractivity contribution in [2.24, 2.45) is 0 Å². The van der Waals surface area contributed by atoms with Crippen molar-refractivity contribution in [2.75, 3.05) is 11.5 Å². The van der Waals surface area contributed by atoms with Gasteiger partial charge >= 0.3 is 0 Å². The monoisotopic (exact) mass is 177 g/mol. The zero-order valence-corrected chi connectivity index (χ0v) is 7.57. The lowest BCUT2D eigenvalue weighted by molar-refractivity contribution is 0.921. The smallest absolute Gasteiger partial charge is 0.181 e. The molecule has 0 aliphatic heterocycles. The first-order valence-electron chi connectivity index (χ1n) is 3.97. The van der Waals surface area contributed by atoms with Crippen LogP contribution < -0.4 is 11.5 Å². The van der Waals surface area contributed by atoms with Crippen molar-refractivity contribution in [3.05, 3.63) is 17.5 Å². The molecule has 0 bridgehead atoms. The number of aryl methyl sites for hydroxylation is 2. The van der Waals surface area contributed by atoms with Gasteiger partial charge in [-0.2, -0.15) is 9.61 Å². The first kappa shape index (κ1) is 7.85. The molecule has 68 valence electrons. The molecule has 2 aromatic heterocycles. The molecule has 0 spiro atoms. The molecule has 13 heavy (non-hydrogen) atoms. The number of nitrogens with zero attached hydrogens (tertiary/aromatic N) is 3. The summed E-state index contributed by atoms with van der Waals surface area (Å²) >= 11 is 0. The van der Waals surface area contributed by atoms with E-state index in [1.807, 2.05) is 13.8 Å². The van der Waals surface area contributed by atoms with E-state index in [-0.39, 0.29) is 0 Å². The molecule has 0 aliphatic carbocycles. The molecule has 0 amide bonds. The highest BCUT2D eigenvalue weighted by Crippen LogP contribution is 2.18. The second-order valence-corrected chi connectivity index (χ2v) is 3.06. The fraction of sp³-hybridized carbons (Fsp3) is 0.250. The highest BCUT2D eigenvalue weighted by atomic mass is 15.3. The first-order chi connectivity index (χ1) is 6.09. The van der Waals surface area contributed by atoms with Crippen LogP contribution in [0.2, 0.25) is 0 Å². The Bertz CT molecular complexity index is 471. The number of rotatable bonds is 0. The quantitative estimate of drug-likeness (QED) is 0.614. The van der Waals surface area contributed by atoms with Crippen LogP contribution in [-0.4, -0.2) is 14.6 Å². The fourth-order valence-corrected chi connectivity index (χ4v) is 1.29. The molecule has 0 saturated heterocycles. The minimum absolute atomic E-state index is 0.558. The van der Waals surface area contributed by atoms with Crippen LogP contribution in [-0.2, 0) is 0 Å². The van der Waals surface area contributed by atoms with Crippen molar-refractivity contribution in [1.82, 2.24) is 14.6 Å². The Morgan fingerprint density at radius 3 is 2.69 bits per heavy atom. The van der Waals surface area contributed by atoms with Gasteiger partial charge in [0.2, 0.25) is 0 Å². The summed E-state index contributed by atoms with van der Waals surface area (Å²) in [6.07, 6.45) is 0. The van der Waals surface area contributed by atoms with Crippen LogP contribution in [0.15, 0.2) is 6.07 Å². The lowest BCUT2D eigenvalue weighted by Gasteiger charge is -1.99. The summed E-state index contributed by atoms with van der Waals surface area (Å²) in [6, 6.07) is 1.76. The predicted molar refractivity (Wildman–Crippen MR) is 51.3 cm³/mol. The van der Waals surface area contributed by atoms with Crippen molar-refractivity contribution in [3.63, 3.8) is 0 Å². The van der Waals surface area contributed by atoms with Gasteiger partial charge in [-0.1, -0.05) is 0 Å². The molecular formula is C8H11N5. The number of fused-ring (bicyclic) bond motifs is 1. The largest absolute Gasteiger partial charge is 0.394 e. The van der Waals surface area contributed by atoms with Gasteiger partial charge in [0.1, 0.15) is 11.5 Å². The maximum Gasteiger partial charge on any atom is 0.181 e. The fourth-order valence-electron chi connectivity index (χ4n) is 1.29. The maximum absolute atomic E-state index is 5.77. The Balaban J connectivity index is 2.94. The van der Waals surface area contributed by atoms with E-state index in [1.54, 1.807) is 10.6 Å². The molecule has 0 radical (unpaired) electrons. The van der Waals surface area contributed by atoms with E-state index in [1.165, 1.54) is 0 Å². The predicted octanol–water partition coefficient (Wildman–Crippen LogP) is 0.511. The average molecular weight is 177 g/mol. The number of nitrogen functional groups attached to an aromatic ring is 2. The van der Waals surface area contributed by atoms with Gasteiger partial charge in [-0.15, -0.1) is 0 Å². The van der Waals surface area contributed by atoms with Gasteiger partial charge in [0.15, 0.2) is 5.65 Å². The number of anilines is 2. The topological polar surface area (TPSA) is 82.2 Å². The molecule has 0 atom stereocenters. The lowest BCUT2D eigenvalue weighted by Crippen LogP contribution is -2.01. The molecule has 0 saturated carbocycles. The molecule has 2 rings (SSSR count). The van der Waals surface area contributed by atoms with Crippen LogP contribution in [0, 0.1) is 13.8 Å². The van der Waals surface area contributed by atoms with Crippen LogP contribution in [0.25, 0.3) is 5.65 Å². The Hall–Kier alpha value is -1.78. The van der Waals surface area contributed by atoms with E-state index in [0.29, 0.717) is 17.2 Å². The molecular weight excluding hydrogens is 166 g/mol. The summed E-state index contributed by atoms with van der Waals surface area (Å²) in [5.41, 5.74) is 14.3. The minimum Gasteiger partial charge on any atom is -0.394 e. The Kier molecular flexibility index (Phi) is 1.42. The standard InChI is InChI=1S/C8H11N5/c1-4-3-6(9)13-8(11-4)7(10)5(2)12-13/h3H,9-10H2,1-2H3. The second-order valence-electron chi connectivity index (χ2n) is 3.06. The van der Waals surface area contributed by atoms with E-state index < -0.39 is 0 Å². The summed E-state index contributed by atoms with van der Waals surface area (Å²) in [7, 11) is 0. The number of hydrogen-bond acceptors (Lipinski definition) is 4. The van der Waals surface area contributed by atoms with Gasteiger partial charge in [-0.05, 0) is 13.8 Å². The molecule has 2 aromatic rings. The van der Waals surface area contributed by atoms with Crippen molar-refractivity contribution in [1.29, 1.82) is 0 Å². The zero-order valence-electron chi connectivity index (χ0n) is 7.57. The molecule has 0 aromatic carbocycles. The third-order valence-electron chi connectivity index (χ3n) is 1.96. The highest BCUT2D eigenvalue weighted by Gasteiger charge is 2.09. The summed E-state index contributed by atoms with van der Waals surface area (Å²) < 4.78 is 1.55. The van der Waals surface area contributed by atoms with E-state index in [2.05, 4.69) is 10.1 Å². The van der Waals surface area contributed by atoms with Crippen LogP contribution in [0.5, 0.6) is 0 Å². The summed E-state index contributed by atoms with van der Waals surface area (Å²) in [4.78, 5) is 4.25. The van der Waals surface area contributed by atoms with Gasteiger partial charge in [0, 0.05) is 11.8 Å². The van der Waals surface area contributed by atoms with Gasteiger partial charge in [0.25, 0.3) is 0 Å². The molecule has 0 aliphatic rings. The zero-order chi connectivity index (χ0) is 9.59. The summed E-state index contributed by atoms with van der Waals surface area (Å²) in [5.74, 6) is 0.558. The third kappa shape index (κ3) is 1.00.